The number of halogens is 1. The quantitative estimate of drug-likeness (QED) is 0.357. The molecule has 1 saturated heterocycles. The minimum Gasteiger partial charge on any atom is -0.493 e. The summed E-state index contributed by atoms with van der Waals surface area (Å²) in [5.41, 5.74) is 0.895. The monoisotopic (exact) mass is 463 g/mol. The largest absolute Gasteiger partial charge is 0.493 e. The average molecular weight is 463 g/mol. The Balaban J connectivity index is 2.34. The fourth-order valence-electron chi connectivity index (χ4n) is 2.09. The number of thiocarbonyl (C=S) groups is 1. The van der Waals surface area contributed by atoms with E-state index in [0.29, 0.717) is 28.1 Å². The second-order valence-electron chi connectivity index (χ2n) is 4.81. The van der Waals surface area contributed by atoms with E-state index in [9.17, 15) is 4.79 Å². The molecule has 1 aromatic rings. The minimum atomic E-state index is -0.0391. The zero-order valence-corrected chi connectivity index (χ0v) is 17.0. The van der Waals surface area contributed by atoms with Gasteiger partial charge in [-0.1, -0.05) is 30.9 Å². The lowest BCUT2D eigenvalue weighted by Crippen LogP contribution is -2.27. The van der Waals surface area contributed by atoms with Crippen LogP contribution >= 0.6 is 46.6 Å². The molecule has 0 bridgehead atoms. The third-order valence-corrected chi connectivity index (χ3v) is 5.37. The molecule has 4 nitrogen and oxygen atoms in total. The molecule has 2 rings (SSSR count). The van der Waals surface area contributed by atoms with E-state index in [1.165, 1.54) is 11.8 Å². The standard InChI is InChI=1S/C16H18INO3S2/c1-4-6-21-14-11(17)7-10(8-12(14)20-3)9-13-15(19)18(5-2)16(22)23-13/h7-9H,4-6H2,1-3H3/b13-9+. The van der Waals surface area contributed by atoms with Crippen LogP contribution in [0.25, 0.3) is 6.08 Å². The summed E-state index contributed by atoms with van der Waals surface area (Å²) in [5.74, 6) is 1.37. The molecule has 124 valence electrons. The van der Waals surface area contributed by atoms with Crippen LogP contribution in [0.1, 0.15) is 25.8 Å². The molecule has 1 aliphatic heterocycles. The van der Waals surface area contributed by atoms with Crippen molar-refractivity contribution < 1.29 is 14.3 Å². The number of amides is 1. The number of methoxy groups -OCH3 is 1. The zero-order chi connectivity index (χ0) is 17.0. The topological polar surface area (TPSA) is 38.8 Å². The van der Waals surface area contributed by atoms with Crippen LogP contribution in [0.3, 0.4) is 0 Å². The van der Waals surface area contributed by atoms with Crippen molar-refractivity contribution in [1.29, 1.82) is 0 Å². The van der Waals surface area contributed by atoms with E-state index in [2.05, 4.69) is 29.5 Å². The lowest BCUT2D eigenvalue weighted by Gasteiger charge is -2.13. The SMILES string of the molecule is CCCOc1c(I)cc(/C=C2/SC(=S)N(CC)C2=O)cc1OC. The van der Waals surface area contributed by atoms with Gasteiger partial charge in [0.1, 0.15) is 4.32 Å². The van der Waals surface area contributed by atoms with E-state index in [1.807, 2.05) is 25.1 Å². The molecule has 1 aliphatic rings. The Morgan fingerprint density at radius 1 is 1.39 bits per heavy atom. The van der Waals surface area contributed by atoms with Gasteiger partial charge in [0.2, 0.25) is 0 Å². The van der Waals surface area contributed by atoms with Gasteiger partial charge in [0.25, 0.3) is 5.91 Å². The van der Waals surface area contributed by atoms with E-state index >= 15 is 0 Å². The summed E-state index contributed by atoms with van der Waals surface area (Å²) < 4.78 is 12.7. The molecule has 1 amide bonds. The number of nitrogens with zero attached hydrogens (tertiary/aromatic N) is 1. The summed E-state index contributed by atoms with van der Waals surface area (Å²) in [6.45, 7) is 5.20. The van der Waals surface area contributed by atoms with Crippen molar-refractivity contribution in [2.45, 2.75) is 20.3 Å². The predicted octanol–water partition coefficient (Wildman–Crippen LogP) is 4.31. The molecule has 0 N–H and O–H groups in total. The van der Waals surface area contributed by atoms with E-state index in [0.717, 1.165) is 21.3 Å². The van der Waals surface area contributed by atoms with Crippen LogP contribution in [-0.2, 0) is 4.79 Å². The molecular weight excluding hydrogens is 445 g/mol. The Morgan fingerprint density at radius 2 is 2.13 bits per heavy atom. The first-order chi connectivity index (χ1) is 11.0. The van der Waals surface area contributed by atoms with Gasteiger partial charge in [-0.15, -0.1) is 0 Å². The molecule has 0 saturated carbocycles. The molecule has 0 unspecified atom stereocenters. The Bertz CT molecular complexity index is 661. The van der Waals surface area contributed by atoms with Crippen molar-refractivity contribution in [2.24, 2.45) is 0 Å². The number of hydrogen-bond acceptors (Lipinski definition) is 5. The maximum Gasteiger partial charge on any atom is 0.266 e. The molecule has 1 fully saturated rings. The lowest BCUT2D eigenvalue weighted by molar-refractivity contribution is -0.121. The van der Waals surface area contributed by atoms with Crippen molar-refractivity contribution in [1.82, 2.24) is 4.90 Å². The van der Waals surface area contributed by atoms with E-state index in [4.69, 9.17) is 21.7 Å². The fourth-order valence-corrected chi connectivity index (χ4v) is 4.26. The molecule has 0 radical (unpaired) electrons. The Morgan fingerprint density at radius 3 is 2.70 bits per heavy atom. The van der Waals surface area contributed by atoms with Crippen LogP contribution in [0.2, 0.25) is 0 Å². The first kappa shape index (κ1) is 18.5. The van der Waals surface area contributed by atoms with Gasteiger partial charge in [-0.2, -0.15) is 0 Å². The van der Waals surface area contributed by atoms with Crippen LogP contribution in [-0.4, -0.2) is 35.4 Å². The van der Waals surface area contributed by atoms with Crippen LogP contribution in [0.4, 0.5) is 0 Å². The molecule has 0 aliphatic carbocycles. The molecule has 0 spiro atoms. The Labute approximate surface area is 159 Å². The van der Waals surface area contributed by atoms with Gasteiger partial charge in [0, 0.05) is 6.54 Å². The van der Waals surface area contributed by atoms with E-state index < -0.39 is 0 Å². The normalized spacial score (nSPS) is 16.3. The summed E-state index contributed by atoms with van der Waals surface area (Å²) in [7, 11) is 1.62. The molecule has 7 heteroatoms. The Kier molecular flexibility index (Phi) is 6.72. The van der Waals surface area contributed by atoms with Gasteiger partial charge in [-0.3, -0.25) is 9.69 Å². The smallest absolute Gasteiger partial charge is 0.266 e. The summed E-state index contributed by atoms with van der Waals surface area (Å²) in [4.78, 5) is 14.5. The number of carbonyl (C=O) groups excluding carboxylic acids is 1. The third kappa shape index (κ3) is 4.19. The van der Waals surface area contributed by atoms with Gasteiger partial charge in [0.15, 0.2) is 11.5 Å². The number of thioether (sulfide) groups is 1. The van der Waals surface area contributed by atoms with Crippen LogP contribution in [0.5, 0.6) is 11.5 Å². The highest BCUT2D eigenvalue weighted by molar-refractivity contribution is 14.1. The first-order valence-corrected chi connectivity index (χ1v) is 9.57. The van der Waals surface area contributed by atoms with E-state index in [-0.39, 0.29) is 5.91 Å². The Hall–Kier alpha value is -0.800. The van der Waals surface area contributed by atoms with Crippen molar-refractivity contribution in [2.75, 3.05) is 20.3 Å². The average Bonchev–Trinajstić information content (AvgIpc) is 2.79. The van der Waals surface area contributed by atoms with Crippen molar-refractivity contribution in [3.05, 3.63) is 26.2 Å². The molecular formula is C16H18INO3S2. The highest BCUT2D eigenvalue weighted by Crippen LogP contribution is 2.37. The van der Waals surface area contributed by atoms with E-state index in [1.54, 1.807) is 12.0 Å². The van der Waals surface area contributed by atoms with Gasteiger partial charge >= 0.3 is 0 Å². The van der Waals surface area contributed by atoms with Gasteiger partial charge in [-0.25, -0.2) is 0 Å². The van der Waals surface area contributed by atoms with Gasteiger partial charge in [-0.05, 0) is 59.7 Å². The van der Waals surface area contributed by atoms with Crippen molar-refractivity contribution in [3.8, 4) is 11.5 Å². The van der Waals surface area contributed by atoms with Crippen LogP contribution < -0.4 is 9.47 Å². The molecule has 1 heterocycles. The molecule has 23 heavy (non-hydrogen) atoms. The van der Waals surface area contributed by atoms with Crippen molar-refractivity contribution in [3.63, 3.8) is 0 Å². The second kappa shape index (κ2) is 8.34. The number of benzene rings is 1. The van der Waals surface area contributed by atoms with Gasteiger partial charge < -0.3 is 9.47 Å². The number of likely N-dealkylation sites (N-methyl/N-ethyl adjacent to an activating group) is 1. The zero-order valence-electron chi connectivity index (χ0n) is 13.2. The van der Waals surface area contributed by atoms with Crippen molar-refractivity contribution >= 4 is 62.9 Å². The molecule has 0 atom stereocenters. The molecule has 0 aromatic heterocycles. The number of carbonyl (C=O) groups is 1. The van der Waals surface area contributed by atoms with Crippen LogP contribution in [0, 0.1) is 3.57 Å². The maximum absolute atomic E-state index is 12.3. The predicted molar refractivity (Wildman–Crippen MR) is 107 cm³/mol. The first-order valence-electron chi connectivity index (χ1n) is 7.27. The summed E-state index contributed by atoms with van der Waals surface area (Å²) in [5, 5.41) is 0. The summed E-state index contributed by atoms with van der Waals surface area (Å²) in [6.07, 6.45) is 2.78. The summed E-state index contributed by atoms with van der Waals surface area (Å²) in [6, 6.07) is 3.86. The fraction of sp³-hybridized carbons (Fsp3) is 0.375. The third-order valence-electron chi connectivity index (χ3n) is 3.19. The molecule has 1 aromatic carbocycles. The van der Waals surface area contributed by atoms with Gasteiger partial charge in [0.05, 0.1) is 22.2 Å². The number of hydrogen-bond donors (Lipinski definition) is 0. The van der Waals surface area contributed by atoms with Crippen LogP contribution in [0.15, 0.2) is 17.0 Å². The number of ether oxygens (including phenoxy) is 2. The highest BCUT2D eigenvalue weighted by atomic mass is 127. The lowest BCUT2D eigenvalue weighted by atomic mass is 10.2. The minimum absolute atomic E-state index is 0.0391. The maximum atomic E-state index is 12.3. The summed E-state index contributed by atoms with van der Waals surface area (Å²) >= 11 is 8.79. The second-order valence-corrected chi connectivity index (χ2v) is 7.65. The highest BCUT2D eigenvalue weighted by Gasteiger charge is 2.30. The number of rotatable bonds is 6.